The van der Waals surface area contributed by atoms with E-state index in [2.05, 4.69) is 29.1 Å². The number of carbonyl (C=O) groups is 1. The van der Waals surface area contributed by atoms with E-state index in [0.717, 1.165) is 6.29 Å². The van der Waals surface area contributed by atoms with Crippen molar-refractivity contribution in [1.29, 1.82) is 0 Å². The van der Waals surface area contributed by atoms with Crippen LogP contribution in [0.2, 0.25) is 0 Å². The van der Waals surface area contributed by atoms with Crippen LogP contribution >= 0.6 is 15.9 Å². The molecule has 48 valence electrons. The highest BCUT2D eigenvalue weighted by atomic mass is 79.9. The number of hydrogen-bond donors (Lipinski definition) is 0. The summed E-state index contributed by atoms with van der Waals surface area (Å²) >= 11 is 3.12. The molecule has 0 heterocycles. The molecule has 0 N–H and O–H groups in total. The fourth-order valence-electron chi connectivity index (χ4n) is 0.320. The molecule has 0 radical (unpaired) electrons. The van der Waals surface area contributed by atoms with Gasteiger partial charge in [-0.15, -0.1) is 0 Å². The summed E-state index contributed by atoms with van der Waals surface area (Å²) in [5, 5.41) is 0. The van der Waals surface area contributed by atoms with Crippen molar-refractivity contribution in [2.45, 2.75) is 0 Å². The van der Waals surface area contributed by atoms with Crippen LogP contribution in [-0.2, 0) is 4.79 Å². The summed E-state index contributed by atoms with van der Waals surface area (Å²) in [4.78, 5) is 10.1. The number of hydrogen-bond acceptors (Lipinski definition) is 1. The lowest BCUT2D eigenvalue weighted by molar-refractivity contribution is -0.104. The van der Waals surface area contributed by atoms with Gasteiger partial charge in [-0.2, -0.15) is 0 Å². The molecule has 0 aliphatic rings. The molecule has 0 aromatic rings. The Morgan fingerprint density at radius 1 is 1.33 bits per heavy atom. The zero-order valence-electron chi connectivity index (χ0n) is 4.93. The van der Waals surface area contributed by atoms with Crippen molar-refractivity contribution in [2.24, 2.45) is 0 Å². The van der Waals surface area contributed by atoms with E-state index >= 15 is 0 Å². The Morgan fingerprint density at radius 3 is 2.00 bits per heavy atom. The normalized spacial score (nSPS) is 11.7. The fourth-order valence-corrected chi connectivity index (χ4v) is 0.575. The second kappa shape index (κ2) is 4.27. The number of rotatable bonds is 3. The van der Waals surface area contributed by atoms with Crippen molar-refractivity contribution in [3.8, 4) is 0 Å². The summed E-state index contributed by atoms with van der Waals surface area (Å²) in [6.07, 6.45) is 3.74. The van der Waals surface area contributed by atoms with Crippen LogP contribution in [-0.4, -0.2) is 6.29 Å². The van der Waals surface area contributed by atoms with Crippen LogP contribution in [0.1, 0.15) is 0 Å². The molecule has 0 aliphatic carbocycles. The molecule has 1 nitrogen and oxygen atoms in total. The van der Waals surface area contributed by atoms with E-state index in [0.29, 0.717) is 10.1 Å². The first-order valence-electron chi connectivity index (χ1n) is 2.36. The molecular formula is C7H7BrO. The summed E-state index contributed by atoms with van der Waals surface area (Å²) < 4.78 is 0.674. The second-order valence-electron chi connectivity index (χ2n) is 1.33. The van der Waals surface area contributed by atoms with Crippen LogP contribution in [0.3, 0.4) is 0 Å². The third-order valence-corrected chi connectivity index (χ3v) is 1.58. The van der Waals surface area contributed by atoms with Gasteiger partial charge >= 0.3 is 0 Å². The molecule has 0 aliphatic heterocycles. The molecule has 0 saturated heterocycles. The Hall–Kier alpha value is -0.630. The van der Waals surface area contributed by atoms with Crippen LogP contribution in [0.25, 0.3) is 0 Å². The van der Waals surface area contributed by atoms with Crippen LogP contribution < -0.4 is 0 Å². The third kappa shape index (κ3) is 2.42. The number of halogens is 1. The first kappa shape index (κ1) is 8.37. The predicted octanol–water partition coefficient (Wildman–Crippen LogP) is 2.21. The Labute approximate surface area is 62.9 Å². The minimum Gasteiger partial charge on any atom is -0.298 e. The number of allylic oxidation sites excluding steroid dienone is 4. The van der Waals surface area contributed by atoms with E-state index in [4.69, 9.17) is 0 Å². The summed E-state index contributed by atoms with van der Waals surface area (Å²) in [6.45, 7) is 6.90. The van der Waals surface area contributed by atoms with Gasteiger partial charge in [0.1, 0.15) is 0 Å². The van der Waals surface area contributed by atoms with E-state index in [9.17, 15) is 4.79 Å². The second-order valence-corrected chi connectivity index (χ2v) is 2.18. The maximum Gasteiger partial charge on any atom is 0.151 e. The first-order chi connectivity index (χ1) is 4.26. The summed E-state index contributed by atoms with van der Waals surface area (Å²) in [7, 11) is 0. The van der Waals surface area contributed by atoms with Gasteiger partial charge in [0.05, 0.1) is 0 Å². The van der Waals surface area contributed by atoms with Crippen molar-refractivity contribution in [3.05, 3.63) is 35.4 Å². The molecule has 0 atom stereocenters. The van der Waals surface area contributed by atoms with Crippen LogP contribution in [0.5, 0.6) is 0 Å². The SMILES string of the molecule is C=C/C(Br)=C(\C=C)C=O. The summed E-state index contributed by atoms with van der Waals surface area (Å²) in [5.41, 5.74) is 0.519. The maximum atomic E-state index is 10.1. The highest BCUT2D eigenvalue weighted by Crippen LogP contribution is 2.11. The topological polar surface area (TPSA) is 17.1 Å². The van der Waals surface area contributed by atoms with E-state index in [-0.39, 0.29) is 0 Å². The van der Waals surface area contributed by atoms with Crippen molar-refractivity contribution < 1.29 is 4.79 Å². The van der Waals surface area contributed by atoms with Gasteiger partial charge in [-0.25, -0.2) is 0 Å². The highest BCUT2D eigenvalue weighted by molar-refractivity contribution is 9.11. The molecule has 0 aromatic heterocycles. The molecule has 0 fully saturated rings. The van der Waals surface area contributed by atoms with Gasteiger partial charge in [0, 0.05) is 10.1 Å². The maximum absolute atomic E-state index is 10.1. The molecule has 0 rings (SSSR count). The zero-order valence-corrected chi connectivity index (χ0v) is 6.52. The van der Waals surface area contributed by atoms with Crippen molar-refractivity contribution in [2.75, 3.05) is 0 Å². The molecular weight excluding hydrogens is 180 g/mol. The van der Waals surface area contributed by atoms with Gasteiger partial charge in [0.15, 0.2) is 6.29 Å². The number of aldehydes is 1. The van der Waals surface area contributed by atoms with Crippen LogP contribution in [0.15, 0.2) is 35.4 Å². The van der Waals surface area contributed by atoms with Crippen molar-refractivity contribution in [1.82, 2.24) is 0 Å². The monoisotopic (exact) mass is 186 g/mol. The van der Waals surface area contributed by atoms with Gasteiger partial charge < -0.3 is 0 Å². The van der Waals surface area contributed by atoms with Gasteiger partial charge in [-0.05, 0) is 0 Å². The molecule has 0 saturated carbocycles. The molecule has 0 unspecified atom stereocenters. The first-order valence-corrected chi connectivity index (χ1v) is 3.15. The lowest BCUT2D eigenvalue weighted by atomic mass is 10.3. The number of carbonyl (C=O) groups excluding carboxylic acids is 1. The van der Waals surface area contributed by atoms with Crippen LogP contribution in [0, 0.1) is 0 Å². The average Bonchev–Trinajstić information content (AvgIpc) is 1.90. The molecule has 0 spiro atoms. The Morgan fingerprint density at radius 2 is 1.89 bits per heavy atom. The summed E-state index contributed by atoms with van der Waals surface area (Å²) in [6, 6.07) is 0. The molecule has 0 bridgehead atoms. The third-order valence-electron chi connectivity index (χ3n) is 0.802. The molecule has 0 amide bonds. The minimum atomic E-state index is 0.519. The zero-order chi connectivity index (χ0) is 7.28. The van der Waals surface area contributed by atoms with Gasteiger partial charge in [-0.1, -0.05) is 41.2 Å². The largest absolute Gasteiger partial charge is 0.298 e. The summed E-state index contributed by atoms with van der Waals surface area (Å²) in [5.74, 6) is 0. The molecule has 2 heteroatoms. The van der Waals surface area contributed by atoms with Crippen molar-refractivity contribution >= 4 is 22.2 Å². The lowest BCUT2D eigenvalue weighted by Crippen LogP contribution is -1.79. The lowest BCUT2D eigenvalue weighted by Gasteiger charge is -1.89. The predicted molar refractivity (Wildman–Crippen MR) is 42.4 cm³/mol. The highest BCUT2D eigenvalue weighted by Gasteiger charge is 1.91. The average molecular weight is 187 g/mol. The van der Waals surface area contributed by atoms with Gasteiger partial charge in [0.25, 0.3) is 0 Å². The molecule has 0 aromatic carbocycles. The van der Waals surface area contributed by atoms with E-state index < -0.39 is 0 Å². The van der Waals surface area contributed by atoms with Crippen LogP contribution in [0.4, 0.5) is 0 Å². The van der Waals surface area contributed by atoms with E-state index in [1.54, 1.807) is 6.08 Å². The minimum absolute atomic E-state index is 0.519. The Balaban J connectivity index is 4.56. The van der Waals surface area contributed by atoms with Crippen molar-refractivity contribution in [3.63, 3.8) is 0 Å². The van der Waals surface area contributed by atoms with E-state index in [1.165, 1.54) is 6.08 Å². The molecule has 9 heavy (non-hydrogen) atoms. The standard InChI is InChI=1S/C7H7BrO/c1-3-6(5-9)7(8)4-2/h3-5H,1-2H2/b7-6-. The van der Waals surface area contributed by atoms with Gasteiger partial charge in [-0.3, -0.25) is 4.79 Å². The van der Waals surface area contributed by atoms with Gasteiger partial charge in [0.2, 0.25) is 0 Å². The van der Waals surface area contributed by atoms with E-state index in [1.807, 2.05) is 0 Å². The Bertz CT molecular complexity index is 158. The fraction of sp³-hybridized carbons (Fsp3) is 0. The Kier molecular flexibility index (Phi) is 3.97. The quantitative estimate of drug-likeness (QED) is 0.376. The smallest absolute Gasteiger partial charge is 0.151 e.